The van der Waals surface area contributed by atoms with Crippen LogP contribution in [0.25, 0.3) is 0 Å². The fraction of sp³-hybridized carbons (Fsp3) is 0.618. The Balaban J connectivity index is 0.983. The molecule has 4 amide bonds. The predicted molar refractivity (Wildman–Crippen MR) is 184 cm³/mol. The third-order valence-electron chi connectivity index (χ3n) is 11.2. The molecule has 2 unspecified atom stereocenters. The van der Waals surface area contributed by atoms with Gasteiger partial charge in [-0.3, -0.25) is 9.69 Å². The van der Waals surface area contributed by atoms with E-state index in [0.717, 1.165) is 49.2 Å². The number of fused-ring (bicyclic) bond motifs is 3. The van der Waals surface area contributed by atoms with Gasteiger partial charge in [0.15, 0.2) is 6.10 Å². The number of halogens is 1. The SMILES string of the molecule is Cc1cc(C[C@@H](OC(=O)N2CCC(N3CCc4cscc4NC3=O)CC2)C(=O)N2CCC(N3CC4CC3CN4C)CC2)cc(Cl)c1N. The molecule has 1 aromatic carbocycles. The molecule has 4 saturated heterocycles. The molecule has 3 atom stereocenters. The zero-order valence-electron chi connectivity index (χ0n) is 27.3. The lowest BCUT2D eigenvalue weighted by Crippen LogP contribution is -2.55. The number of benzene rings is 1. The zero-order valence-corrected chi connectivity index (χ0v) is 28.9. The van der Waals surface area contributed by atoms with Gasteiger partial charge in [0.05, 0.1) is 16.4 Å². The number of hydrogen-bond donors (Lipinski definition) is 2. The Labute approximate surface area is 285 Å². The highest BCUT2D eigenvalue weighted by molar-refractivity contribution is 7.08. The van der Waals surface area contributed by atoms with Gasteiger partial charge in [0.2, 0.25) is 0 Å². The summed E-state index contributed by atoms with van der Waals surface area (Å²) in [7, 11) is 2.22. The van der Waals surface area contributed by atoms with Crippen LogP contribution in [0.1, 0.15) is 48.8 Å². The Morgan fingerprint density at radius 1 is 1.00 bits per heavy atom. The van der Waals surface area contributed by atoms with E-state index < -0.39 is 12.2 Å². The fourth-order valence-electron chi connectivity index (χ4n) is 8.36. The van der Waals surface area contributed by atoms with Crippen LogP contribution >= 0.6 is 22.9 Å². The molecule has 1 aromatic heterocycles. The monoisotopic (exact) mass is 683 g/mol. The van der Waals surface area contributed by atoms with Gasteiger partial charge < -0.3 is 35.4 Å². The minimum Gasteiger partial charge on any atom is -0.436 e. The quantitative estimate of drug-likeness (QED) is 0.437. The lowest BCUT2D eigenvalue weighted by molar-refractivity contribution is -0.142. The molecular formula is C34H46ClN7O4S. The van der Waals surface area contributed by atoms with Crippen LogP contribution in [0.15, 0.2) is 22.9 Å². The minimum atomic E-state index is -0.970. The highest BCUT2D eigenvalue weighted by Gasteiger charge is 2.45. The molecule has 6 heterocycles. The van der Waals surface area contributed by atoms with E-state index in [1.165, 1.54) is 12.0 Å². The van der Waals surface area contributed by atoms with Crippen LogP contribution in [0.5, 0.6) is 0 Å². The number of piperazine rings is 1. The summed E-state index contributed by atoms with van der Waals surface area (Å²) in [6.07, 6.45) is 3.99. The smallest absolute Gasteiger partial charge is 0.410 e. The number of likely N-dealkylation sites (tertiary alicyclic amines) is 4. The molecule has 4 fully saturated rings. The number of nitrogens with one attached hydrogen (secondary N) is 1. The molecule has 0 radical (unpaired) electrons. The molecule has 2 aromatic rings. The molecular weight excluding hydrogens is 638 g/mol. The van der Waals surface area contributed by atoms with Crippen molar-refractivity contribution in [1.29, 1.82) is 0 Å². The lowest BCUT2D eigenvalue weighted by atomic mass is 9.99. The van der Waals surface area contributed by atoms with Crippen LogP contribution in [0.2, 0.25) is 5.02 Å². The van der Waals surface area contributed by atoms with E-state index in [9.17, 15) is 14.4 Å². The Bertz CT molecular complexity index is 1480. The van der Waals surface area contributed by atoms with Crippen molar-refractivity contribution in [2.75, 3.05) is 63.9 Å². The molecule has 47 heavy (non-hydrogen) atoms. The predicted octanol–water partition coefficient (Wildman–Crippen LogP) is 4.27. The number of thiophene rings is 1. The van der Waals surface area contributed by atoms with Crippen molar-refractivity contribution in [3.8, 4) is 0 Å². The van der Waals surface area contributed by atoms with Gasteiger partial charge in [-0.05, 0) is 80.6 Å². The summed E-state index contributed by atoms with van der Waals surface area (Å²) >= 11 is 8.01. The van der Waals surface area contributed by atoms with E-state index in [2.05, 4.69) is 27.5 Å². The molecule has 5 aliphatic rings. The third-order valence-corrected chi connectivity index (χ3v) is 12.3. The average molecular weight is 684 g/mol. The molecule has 254 valence electrons. The van der Waals surface area contributed by atoms with Crippen molar-refractivity contribution in [2.45, 2.75) is 82.1 Å². The van der Waals surface area contributed by atoms with Gasteiger partial charge >= 0.3 is 12.1 Å². The number of carbonyl (C=O) groups is 3. The second-order valence-electron chi connectivity index (χ2n) is 14.0. The number of rotatable bonds is 6. The Morgan fingerprint density at radius 2 is 1.72 bits per heavy atom. The van der Waals surface area contributed by atoms with Crippen molar-refractivity contribution >= 4 is 52.3 Å². The van der Waals surface area contributed by atoms with Gasteiger partial charge in [0.1, 0.15) is 0 Å². The summed E-state index contributed by atoms with van der Waals surface area (Å²) in [5.74, 6) is -0.159. The third kappa shape index (κ3) is 6.66. The maximum atomic E-state index is 14.1. The van der Waals surface area contributed by atoms with Crippen molar-refractivity contribution in [1.82, 2.24) is 24.5 Å². The number of nitrogen functional groups attached to an aromatic ring is 1. The summed E-state index contributed by atoms with van der Waals surface area (Å²) in [6.45, 7) is 7.00. The van der Waals surface area contributed by atoms with Gasteiger partial charge in [-0.2, -0.15) is 0 Å². The van der Waals surface area contributed by atoms with E-state index in [-0.39, 0.29) is 24.4 Å². The molecule has 0 aliphatic carbocycles. The van der Waals surface area contributed by atoms with E-state index in [0.29, 0.717) is 74.4 Å². The molecule has 2 bridgehead atoms. The van der Waals surface area contributed by atoms with Gasteiger partial charge in [0.25, 0.3) is 5.91 Å². The Hall–Kier alpha value is -3.06. The second-order valence-corrected chi connectivity index (χ2v) is 15.2. The first-order chi connectivity index (χ1) is 22.6. The molecule has 5 aliphatic heterocycles. The van der Waals surface area contributed by atoms with Crippen LogP contribution < -0.4 is 11.1 Å². The summed E-state index contributed by atoms with van der Waals surface area (Å²) in [4.78, 5) is 51.2. The van der Waals surface area contributed by atoms with E-state index in [4.69, 9.17) is 22.1 Å². The Kier molecular flexibility index (Phi) is 9.30. The summed E-state index contributed by atoms with van der Waals surface area (Å²) in [5.41, 5.74) is 10.3. The number of nitrogens with zero attached hydrogens (tertiary/aromatic N) is 5. The zero-order chi connectivity index (χ0) is 32.8. The first-order valence-corrected chi connectivity index (χ1v) is 18.3. The maximum absolute atomic E-state index is 14.1. The summed E-state index contributed by atoms with van der Waals surface area (Å²) in [6, 6.07) is 5.39. The molecule has 3 N–H and O–H groups in total. The summed E-state index contributed by atoms with van der Waals surface area (Å²) < 4.78 is 6.07. The van der Waals surface area contributed by atoms with Crippen molar-refractivity contribution in [3.63, 3.8) is 0 Å². The molecule has 0 saturated carbocycles. The number of amides is 4. The van der Waals surface area contributed by atoms with Crippen LogP contribution in [0.3, 0.4) is 0 Å². The highest BCUT2D eigenvalue weighted by Crippen LogP contribution is 2.34. The van der Waals surface area contributed by atoms with Crippen LogP contribution in [-0.2, 0) is 22.4 Å². The number of nitrogens with two attached hydrogens (primary N) is 1. The highest BCUT2D eigenvalue weighted by atomic mass is 35.5. The first kappa shape index (κ1) is 32.5. The van der Waals surface area contributed by atoms with E-state index >= 15 is 0 Å². The van der Waals surface area contributed by atoms with Crippen LogP contribution in [0, 0.1) is 6.92 Å². The fourth-order valence-corrected chi connectivity index (χ4v) is 9.48. The molecule has 13 heteroatoms. The number of anilines is 2. The number of hydrogen-bond acceptors (Lipinski definition) is 8. The molecule has 7 rings (SSSR count). The number of likely N-dealkylation sites (N-methyl/N-ethyl adjacent to an activating group) is 1. The minimum absolute atomic E-state index is 0.0385. The number of aryl methyl sites for hydroxylation is 1. The normalized spacial score (nSPS) is 25.1. The van der Waals surface area contributed by atoms with Crippen LogP contribution in [-0.4, -0.2) is 126 Å². The van der Waals surface area contributed by atoms with Gasteiger partial charge in [-0.15, -0.1) is 11.3 Å². The number of carbonyl (C=O) groups excluding carboxylic acids is 3. The number of urea groups is 1. The van der Waals surface area contributed by atoms with Crippen LogP contribution in [0.4, 0.5) is 21.0 Å². The van der Waals surface area contributed by atoms with Gasteiger partial charge in [-0.1, -0.05) is 17.7 Å². The van der Waals surface area contributed by atoms with Crippen molar-refractivity contribution in [2.24, 2.45) is 0 Å². The lowest BCUT2D eigenvalue weighted by Gasteiger charge is -2.42. The average Bonchev–Trinajstić information content (AvgIpc) is 3.77. The Morgan fingerprint density at radius 3 is 2.40 bits per heavy atom. The summed E-state index contributed by atoms with van der Waals surface area (Å²) in [5, 5.41) is 7.54. The molecule has 0 spiro atoms. The van der Waals surface area contributed by atoms with Gasteiger partial charge in [0, 0.05) is 81.8 Å². The first-order valence-electron chi connectivity index (χ1n) is 17.0. The van der Waals surface area contributed by atoms with E-state index in [1.807, 2.05) is 28.2 Å². The number of piperidine rings is 2. The standard InChI is InChI=1S/C34H46ClN7O4S/c1-21-13-22(14-28(35)31(21)36)15-30(32(43)39-8-4-25(5-9-39)42-18-26-16-27(42)17-38(26)2)46-34(45)40-10-6-24(7-11-40)41-12-3-23-19-47-20-29(23)37-33(41)44/h13-14,19-20,24-27,30H,3-12,15-18,36H2,1-2H3,(H,37,44)/t26?,27?,30-/m1/s1. The number of ether oxygens (including phenoxy) is 1. The van der Waals surface area contributed by atoms with E-state index in [1.54, 1.807) is 22.3 Å². The largest absolute Gasteiger partial charge is 0.436 e. The molecule has 11 nitrogen and oxygen atoms in total. The van der Waals surface area contributed by atoms with Crippen molar-refractivity contribution < 1.29 is 19.1 Å². The van der Waals surface area contributed by atoms with Crippen molar-refractivity contribution in [3.05, 3.63) is 44.6 Å². The maximum Gasteiger partial charge on any atom is 0.410 e. The second kappa shape index (κ2) is 13.4. The van der Waals surface area contributed by atoms with Gasteiger partial charge in [-0.25, -0.2) is 9.59 Å². The topological polar surface area (TPSA) is 115 Å².